The minimum absolute atomic E-state index is 0.0708. The lowest BCUT2D eigenvalue weighted by atomic mass is 10.0. The monoisotopic (exact) mass is 317 g/mol. The van der Waals surface area contributed by atoms with Crippen molar-refractivity contribution in [2.24, 2.45) is 5.92 Å². The molecule has 2 rings (SSSR count). The molecule has 23 heavy (non-hydrogen) atoms. The van der Waals surface area contributed by atoms with Crippen LogP contribution in [0.4, 0.5) is 4.39 Å². The Hall–Kier alpha value is -2.42. The molecule has 1 heterocycles. The third kappa shape index (κ3) is 4.28. The molecule has 122 valence electrons. The highest BCUT2D eigenvalue weighted by molar-refractivity contribution is 5.94. The van der Waals surface area contributed by atoms with Crippen LogP contribution in [0.5, 0.6) is 0 Å². The molecule has 0 saturated carbocycles. The van der Waals surface area contributed by atoms with Crippen molar-refractivity contribution in [1.29, 1.82) is 5.26 Å². The first-order valence-corrected chi connectivity index (χ1v) is 7.71. The zero-order chi connectivity index (χ0) is 17.0. The zero-order valence-electron chi connectivity index (χ0n) is 13.3. The van der Waals surface area contributed by atoms with E-state index in [4.69, 9.17) is 5.26 Å². The van der Waals surface area contributed by atoms with E-state index in [0.29, 0.717) is 13.1 Å². The molecule has 1 atom stereocenters. The number of hydrogen-bond donors (Lipinski definition) is 1. The van der Waals surface area contributed by atoms with Crippen molar-refractivity contribution in [1.82, 2.24) is 10.2 Å². The first kappa shape index (κ1) is 16.9. The van der Waals surface area contributed by atoms with Crippen LogP contribution in [0.2, 0.25) is 0 Å². The molecule has 1 fully saturated rings. The van der Waals surface area contributed by atoms with Crippen LogP contribution in [0, 0.1) is 23.1 Å². The summed E-state index contributed by atoms with van der Waals surface area (Å²) in [6.07, 6.45) is 1.59. The second-order valence-corrected chi connectivity index (χ2v) is 6.09. The fourth-order valence-corrected chi connectivity index (χ4v) is 2.71. The van der Waals surface area contributed by atoms with Gasteiger partial charge in [-0.3, -0.25) is 9.59 Å². The van der Waals surface area contributed by atoms with E-state index in [1.807, 2.05) is 19.9 Å². The largest absolute Gasteiger partial charge is 0.348 e. The lowest BCUT2D eigenvalue weighted by molar-refractivity contribution is -0.135. The quantitative estimate of drug-likeness (QED) is 0.927. The molecule has 0 radical (unpaired) electrons. The third-order valence-corrected chi connectivity index (χ3v) is 3.85. The molecule has 1 aliphatic heterocycles. The van der Waals surface area contributed by atoms with Crippen LogP contribution in [0.3, 0.4) is 0 Å². The highest BCUT2D eigenvalue weighted by Gasteiger charge is 2.26. The summed E-state index contributed by atoms with van der Waals surface area (Å²) in [6.45, 7) is 4.85. The summed E-state index contributed by atoms with van der Waals surface area (Å²) in [4.78, 5) is 26.1. The average molecular weight is 317 g/mol. The third-order valence-electron chi connectivity index (χ3n) is 3.85. The maximum Gasteiger partial charge on any atom is 0.251 e. The Morgan fingerprint density at radius 3 is 2.78 bits per heavy atom. The molecule has 5 nitrogen and oxygen atoms in total. The van der Waals surface area contributed by atoms with Crippen LogP contribution in [0.25, 0.3) is 0 Å². The van der Waals surface area contributed by atoms with Gasteiger partial charge in [-0.2, -0.15) is 5.26 Å². The van der Waals surface area contributed by atoms with Gasteiger partial charge in [-0.05, 0) is 31.0 Å². The van der Waals surface area contributed by atoms with Crippen LogP contribution in [-0.2, 0) is 4.79 Å². The van der Waals surface area contributed by atoms with E-state index in [1.54, 1.807) is 4.90 Å². The fourth-order valence-electron chi connectivity index (χ4n) is 2.71. The molecule has 1 unspecified atom stereocenters. The number of halogens is 1. The van der Waals surface area contributed by atoms with Gasteiger partial charge in [-0.25, -0.2) is 4.39 Å². The fraction of sp³-hybridized carbons (Fsp3) is 0.471. The molecule has 0 aliphatic carbocycles. The predicted octanol–water partition coefficient (Wildman–Crippen LogP) is 2.07. The first-order valence-electron chi connectivity index (χ1n) is 7.71. The number of nitriles is 1. The van der Waals surface area contributed by atoms with Gasteiger partial charge < -0.3 is 10.2 Å². The number of hydrogen-bond acceptors (Lipinski definition) is 3. The maximum atomic E-state index is 13.4. The van der Waals surface area contributed by atoms with Gasteiger partial charge in [0.1, 0.15) is 5.82 Å². The number of likely N-dealkylation sites (tertiary alicyclic amines) is 1. The van der Waals surface area contributed by atoms with Crippen LogP contribution in [0.1, 0.15) is 42.6 Å². The highest BCUT2D eigenvalue weighted by Crippen LogP contribution is 2.15. The van der Waals surface area contributed by atoms with Gasteiger partial charge in [0.05, 0.1) is 11.6 Å². The van der Waals surface area contributed by atoms with Crippen molar-refractivity contribution in [3.8, 4) is 6.07 Å². The number of nitrogens with zero attached hydrogens (tertiary/aromatic N) is 2. The smallest absolute Gasteiger partial charge is 0.251 e. The molecule has 0 aromatic heterocycles. The minimum Gasteiger partial charge on any atom is -0.348 e. The van der Waals surface area contributed by atoms with E-state index in [0.717, 1.165) is 25.0 Å². The molecule has 1 saturated heterocycles. The van der Waals surface area contributed by atoms with Crippen molar-refractivity contribution >= 4 is 11.8 Å². The highest BCUT2D eigenvalue weighted by atomic mass is 19.1. The van der Waals surface area contributed by atoms with Crippen molar-refractivity contribution in [3.63, 3.8) is 0 Å². The lowest BCUT2D eigenvalue weighted by Crippen LogP contribution is -2.50. The van der Waals surface area contributed by atoms with E-state index < -0.39 is 11.7 Å². The molecular formula is C17H20FN3O2. The van der Waals surface area contributed by atoms with E-state index in [9.17, 15) is 14.0 Å². The van der Waals surface area contributed by atoms with Gasteiger partial charge in [0.2, 0.25) is 5.91 Å². The summed E-state index contributed by atoms with van der Waals surface area (Å²) >= 11 is 0. The SMILES string of the molecule is CC(C)C(=O)N1CCCC(NC(=O)c2cc(F)cc(C#N)c2)C1. The molecule has 0 bridgehead atoms. The molecule has 6 heteroatoms. The predicted molar refractivity (Wildman–Crippen MR) is 83.0 cm³/mol. The summed E-state index contributed by atoms with van der Waals surface area (Å²) in [5.41, 5.74) is 0.226. The molecule has 1 aromatic rings. The second kappa shape index (κ2) is 7.23. The molecule has 0 spiro atoms. The average Bonchev–Trinajstić information content (AvgIpc) is 2.53. The number of benzene rings is 1. The van der Waals surface area contributed by atoms with E-state index in [1.165, 1.54) is 6.07 Å². The van der Waals surface area contributed by atoms with Gasteiger partial charge in [-0.15, -0.1) is 0 Å². The molecular weight excluding hydrogens is 297 g/mol. The lowest BCUT2D eigenvalue weighted by Gasteiger charge is -2.34. The van der Waals surface area contributed by atoms with E-state index in [2.05, 4.69) is 5.32 Å². The van der Waals surface area contributed by atoms with E-state index in [-0.39, 0.29) is 29.0 Å². The van der Waals surface area contributed by atoms with Crippen molar-refractivity contribution in [3.05, 3.63) is 35.1 Å². The summed E-state index contributed by atoms with van der Waals surface area (Å²) in [5, 5.41) is 11.7. The van der Waals surface area contributed by atoms with Crippen LogP contribution >= 0.6 is 0 Å². The van der Waals surface area contributed by atoms with Gasteiger partial charge >= 0.3 is 0 Å². The summed E-state index contributed by atoms with van der Waals surface area (Å²) in [7, 11) is 0. The Morgan fingerprint density at radius 1 is 1.39 bits per heavy atom. The maximum absolute atomic E-state index is 13.4. The number of carbonyl (C=O) groups is 2. The number of nitrogens with one attached hydrogen (secondary N) is 1. The van der Waals surface area contributed by atoms with Crippen LogP contribution in [0.15, 0.2) is 18.2 Å². The normalized spacial score (nSPS) is 17.7. The molecule has 2 amide bonds. The number of carbonyl (C=O) groups excluding carboxylic acids is 2. The van der Waals surface area contributed by atoms with Crippen molar-refractivity contribution < 1.29 is 14.0 Å². The standard InChI is InChI=1S/C17H20FN3O2/c1-11(2)17(23)21-5-3-4-15(10-21)20-16(22)13-6-12(9-19)7-14(18)8-13/h6-8,11,15H,3-5,10H2,1-2H3,(H,20,22). The summed E-state index contributed by atoms with van der Waals surface area (Å²) in [6, 6.07) is 5.22. The van der Waals surface area contributed by atoms with Gasteiger partial charge in [-0.1, -0.05) is 13.8 Å². The second-order valence-electron chi connectivity index (χ2n) is 6.09. The number of piperidine rings is 1. The Bertz CT molecular complexity index is 652. The zero-order valence-corrected chi connectivity index (χ0v) is 13.3. The molecule has 1 aliphatic rings. The minimum atomic E-state index is -0.616. The van der Waals surface area contributed by atoms with Crippen LogP contribution in [-0.4, -0.2) is 35.8 Å². The Labute approximate surface area is 135 Å². The number of amides is 2. The van der Waals surface area contributed by atoms with Gasteiger partial charge in [0.15, 0.2) is 0 Å². The Morgan fingerprint density at radius 2 is 2.13 bits per heavy atom. The Balaban J connectivity index is 2.04. The van der Waals surface area contributed by atoms with Crippen LogP contribution < -0.4 is 5.32 Å². The number of rotatable bonds is 3. The summed E-state index contributed by atoms with van der Waals surface area (Å²) in [5.74, 6) is -1.05. The first-order chi connectivity index (χ1) is 10.9. The van der Waals surface area contributed by atoms with Crippen molar-refractivity contribution in [2.75, 3.05) is 13.1 Å². The van der Waals surface area contributed by atoms with Crippen molar-refractivity contribution in [2.45, 2.75) is 32.7 Å². The topological polar surface area (TPSA) is 73.2 Å². The summed E-state index contributed by atoms with van der Waals surface area (Å²) < 4.78 is 13.4. The van der Waals surface area contributed by atoms with Gasteiger partial charge in [0.25, 0.3) is 5.91 Å². The molecule has 1 N–H and O–H groups in total. The molecule has 1 aromatic carbocycles. The Kier molecular flexibility index (Phi) is 5.32. The van der Waals surface area contributed by atoms with E-state index >= 15 is 0 Å². The van der Waals surface area contributed by atoms with Gasteiger partial charge in [0, 0.05) is 30.6 Å².